The van der Waals surface area contributed by atoms with Gasteiger partial charge < -0.3 is 19.2 Å². The second-order valence-corrected chi connectivity index (χ2v) is 4.07. The Morgan fingerprint density at radius 1 is 1.11 bits per heavy atom. The van der Waals surface area contributed by atoms with E-state index in [4.69, 9.17) is 26.4 Å². The van der Waals surface area contributed by atoms with E-state index < -0.39 is 0 Å². The summed E-state index contributed by atoms with van der Waals surface area (Å²) in [6.45, 7) is 0. The fourth-order valence-corrected chi connectivity index (χ4v) is 2.02. The summed E-state index contributed by atoms with van der Waals surface area (Å²) in [4.78, 5) is 7.03. The van der Waals surface area contributed by atoms with E-state index in [-0.39, 0.29) is 0 Å². The van der Waals surface area contributed by atoms with E-state index in [0.717, 1.165) is 5.56 Å². The maximum Gasteiger partial charge on any atom is 0.179 e. The second-order valence-electron chi connectivity index (χ2n) is 3.68. The van der Waals surface area contributed by atoms with E-state index in [1.165, 1.54) is 6.33 Å². The third kappa shape index (κ3) is 2.53. The molecule has 0 saturated heterocycles. The SMILES string of the molecule is COc1ccc(OC)c(-c2[nH]cnc(=S)c2OC)c1. The molecule has 6 heteroatoms. The van der Waals surface area contributed by atoms with Crippen molar-refractivity contribution in [2.75, 3.05) is 21.3 Å². The molecule has 1 N–H and O–H groups in total. The highest BCUT2D eigenvalue weighted by molar-refractivity contribution is 7.71. The van der Waals surface area contributed by atoms with E-state index in [9.17, 15) is 0 Å². The summed E-state index contributed by atoms with van der Waals surface area (Å²) in [5.74, 6) is 1.91. The highest BCUT2D eigenvalue weighted by Crippen LogP contribution is 2.36. The van der Waals surface area contributed by atoms with Gasteiger partial charge in [0.1, 0.15) is 11.5 Å². The summed E-state index contributed by atoms with van der Waals surface area (Å²) < 4.78 is 16.3. The van der Waals surface area contributed by atoms with Gasteiger partial charge in [-0.1, -0.05) is 12.2 Å². The van der Waals surface area contributed by atoms with E-state index in [0.29, 0.717) is 27.6 Å². The Morgan fingerprint density at radius 2 is 1.89 bits per heavy atom. The van der Waals surface area contributed by atoms with E-state index >= 15 is 0 Å². The number of nitrogens with one attached hydrogen (secondary N) is 1. The molecule has 2 rings (SSSR count). The van der Waals surface area contributed by atoms with Crippen molar-refractivity contribution in [3.05, 3.63) is 29.2 Å². The summed E-state index contributed by atoms with van der Waals surface area (Å²) >= 11 is 5.15. The molecule has 0 saturated carbocycles. The van der Waals surface area contributed by atoms with Gasteiger partial charge in [0, 0.05) is 5.56 Å². The van der Waals surface area contributed by atoms with Crippen LogP contribution in [0.2, 0.25) is 0 Å². The van der Waals surface area contributed by atoms with Crippen LogP contribution in [-0.4, -0.2) is 31.3 Å². The lowest BCUT2D eigenvalue weighted by Gasteiger charge is -2.13. The van der Waals surface area contributed by atoms with Crippen LogP contribution in [0, 0.1) is 4.64 Å². The number of hydrogen-bond acceptors (Lipinski definition) is 5. The largest absolute Gasteiger partial charge is 0.497 e. The molecule has 100 valence electrons. The van der Waals surface area contributed by atoms with Gasteiger partial charge in [0.25, 0.3) is 0 Å². The Bertz CT molecular complexity index is 640. The molecule has 1 aromatic carbocycles. The van der Waals surface area contributed by atoms with Crippen molar-refractivity contribution in [2.24, 2.45) is 0 Å². The number of aromatic amines is 1. The molecule has 5 nitrogen and oxygen atoms in total. The molecule has 1 aromatic heterocycles. The van der Waals surface area contributed by atoms with Crippen molar-refractivity contribution in [1.82, 2.24) is 9.97 Å². The van der Waals surface area contributed by atoms with Gasteiger partial charge in [-0.3, -0.25) is 0 Å². The minimum Gasteiger partial charge on any atom is -0.497 e. The van der Waals surface area contributed by atoms with Gasteiger partial charge in [-0.25, -0.2) is 4.98 Å². The van der Waals surface area contributed by atoms with Crippen LogP contribution < -0.4 is 14.2 Å². The molecule has 0 aliphatic rings. The Labute approximate surface area is 116 Å². The normalized spacial score (nSPS) is 10.1. The average molecular weight is 278 g/mol. The Hall–Kier alpha value is -2.08. The molecule has 0 atom stereocenters. The summed E-state index contributed by atoms with van der Waals surface area (Å²) in [7, 11) is 4.77. The Morgan fingerprint density at radius 3 is 2.53 bits per heavy atom. The molecule has 0 unspecified atom stereocenters. The molecular formula is C13H14N2O3S. The van der Waals surface area contributed by atoms with Crippen LogP contribution in [0.3, 0.4) is 0 Å². The fourth-order valence-electron chi connectivity index (χ4n) is 1.79. The minimum absolute atomic E-state index is 0.390. The maximum atomic E-state index is 5.35. The van der Waals surface area contributed by atoms with E-state index in [2.05, 4.69) is 9.97 Å². The van der Waals surface area contributed by atoms with Crippen molar-refractivity contribution < 1.29 is 14.2 Å². The first-order valence-electron chi connectivity index (χ1n) is 5.55. The number of rotatable bonds is 4. The lowest BCUT2D eigenvalue weighted by Crippen LogP contribution is -1.97. The number of benzene rings is 1. The predicted molar refractivity (Wildman–Crippen MR) is 74.5 cm³/mol. The summed E-state index contributed by atoms with van der Waals surface area (Å²) in [5, 5.41) is 0. The van der Waals surface area contributed by atoms with Crippen LogP contribution in [0.4, 0.5) is 0 Å². The number of hydrogen-bond donors (Lipinski definition) is 1. The van der Waals surface area contributed by atoms with E-state index in [1.807, 2.05) is 18.2 Å². The summed E-state index contributed by atoms with van der Waals surface area (Å²) in [6, 6.07) is 5.50. The zero-order valence-corrected chi connectivity index (χ0v) is 11.7. The van der Waals surface area contributed by atoms with Crippen LogP contribution in [-0.2, 0) is 0 Å². The van der Waals surface area contributed by atoms with Crippen LogP contribution >= 0.6 is 12.2 Å². The van der Waals surface area contributed by atoms with Crippen LogP contribution in [0.15, 0.2) is 24.5 Å². The highest BCUT2D eigenvalue weighted by atomic mass is 32.1. The second kappa shape index (κ2) is 5.71. The molecule has 19 heavy (non-hydrogen) atoms. The van der Waals surface area contributed by atoms with Gasteiger partial charge in [0.15, 0.2) is 10.4 Å². The van der Waals surface area contributed by atoms with Crippen LogP contribution in [0.5, 0.6) is 17.2 Å². The molecule has 0 spiro atoms. The quantitative estimate of drug-likeness (QED) is 0.871. The van der Waals surface area contributed by atoms with Crippen LogP contribution in [0.1, 0.15) is 0 Å². The fraction of sp³-hybridized carbons (Fsp3) is 0.231. The molecule has 0 aliphatic heterocycles. The van der Waals surface area contributed by atoms with Crippen molar-refractivity contribution in [3.63, 3.8) is 0 Å². The highest BCUT2D eigenvalue weighted by Gasteiger charge is 2.14. The first-order valence-corrected chi connectivity index (χ1v) is 5.96. The number of ether oxygens (including phenoxy) is 3. The van der Waals surface area contributed by atoms with Crippen molar-refractivity contribution in [3.8, 4) is 28.5 Å². The van der Waals surface area contributed by atoms with Crippen molar-refractivity contribution in [2.45, 2.75) is 0 Å². The molecule has 0 bridgehead atoms. The van der Waals surface area contributed by atoms with Gasteiger partial charge in [0.05, 0.1) is 33.4 Å². The van der Waals surface area contributed by atoms with Gasteiger partial charge in [0.2, 0.25) is 0 Å². The molecule has 0 fully saturated rings. The van der Waals surface area contributed by atoms with Crippen molar-refractivity contribution >= 4 is 12.2 Å². The monoisotopic (exact) mass is 278 g/mol. The Kier molecular flexibility index (Phi) is 4.01. The topological polar surface area (TPSA) is 56.4 Å². The van der Waals surface area contributed by atoms with Gasteiger partial charge in [-0.2, -0.15) is 0 Å². The standard InChI is InChI=1S/C13H14N2O3S/c1-16-8-4-5-10(17-2)9(6-8)11-12(18-3)13(19)15-7-14-11/h4-7H,1-3H3,(H,14,15,19). The first kappa shape index (κ1) is 13.4. The molecule has 1 heterocycles. The first-order chi connectivity index (χ1) is 9.21. The molecule has 0 amide bonds. The predicted octanol–water partition coefficient (Wildman–Crippen LogP) is 2.83. The number of nitrogens with zero attached hydrogens (tertiary/aromatic N) is 1. The smallest absolute Gasteiger partial charge is 0.179 e. The minimum atomic E-state index is 0.390. The molecule has 0 radical (unpaired) electrons. The Balaban J connectivity index is 2.70. The molecule has 2 aromatic rings. The van der Waals surface area contributed by atoms with E-state index in [1.54, 1.807) is 21.3 Å². The summed E-state index contributed by atoms with van der Waals surface area (Å²) in [6.07, 6.45) is 1.53. The zero-order chi connectivity index (χ0) is 13.8. The number of methoxy groups -OCH3 is 3. The van der Waals surface area contributed by atoms with Gasteiger partial charge >= 0.3 is 0 Å². The van der Waals surface area contributed by atoms with Crippen molar-refractivity contribution in [1.29, 1.82) is 0 Å². The third-order valence-electron chi connectivity index (χ3n) is 2.69. The van der Waals surface area contributed by atoms with Crippen LogP contribution in [0.25, 0.3) is 11.3 Å². The zero-order valence-electron chi connectivity index (χ0n) is 10.9. The number of H-pyrrole nitrogens is 1. The number of aromatic nitrogens is 2. The van der Waals surface area contributed by atoms with Gasteiger partial charge in [-0.05, 0) is 18.2 Å². The lowest BCUT2D eigenvalue weighted by molar-refractivity contribution is 0.400. The van der Waals surface area contributed by atoms with Gasteiger partial charge in [-0.15, -0.1) is 0 Å². The third-order valence-corrected chi connectivity index (χ3v) is 2.98. The molecular weight excluding hydrogens is 264 g/mol. The average Bonchev–Trinajstić information content (AvgIpc) is 2.46. The summed E-state index contributed by atoms with van der Waals surface area (Å²) in [5.41, 5.74) is 1.51. The maximum absolute atomic E-state index is 5.35. The molecule has 0 aliphatic carbocycles. The lowest BCUT2D eigenvalue weighted by atomic mass is 10.1.